The summed E-state index contributed by atoms with van der Waals surface area (Å²) in [5.41, 5.74) is 7.10. The number of fused-ring (bicyclic) bond motifs is 1. The Labute approximate surface area is 186 Å². The van der Waals surface area contributed by atoms with Gasteiger partial charge in [0, 0.05) is 31.5 Å². The summed E-state index contributed by atoms with van der Waals surface area (Å²) in [5.74, 6) is 2.27. The molecule has 0 saturated carbocycles. The Balaban J connectivity index is 1.50. The zero-order valence-electron chi connectivity index (χ0n) is 18.6. The molecule has 0 aliphatic heterocycles. The van der Waals surface area contributed by atoms with Crippen LogP contribution < -0.4 is 0 Å². The molecule has 0 radical (unpaired) electrons. The van der Waals surface area contributed by atoms with Crippen LogP contribution in [0, 0.1) is 6.92 Å². The number of benzene rings is 2. The van der Waals surface area contributed by atoms with Crippen molar-refractivity contribution >= 4 is 11.0 Å². The number of hydrogen-bond donors (Lipinski definition) is 0. The molecular weight excluding hydrogens is 400 g/mol. The maximum absolute atomic E-state index is 5.08. The Morgan fingerprint density at radius 1 is 0.969 bits per heavy atom. The smallest absolute Gasteiger partial charge is 0.223 e. The van der Waals surface area contributed by atoms with E-state index in [-0.39, 0.29) is 0 Å². The highest BCUT2D eigenvalue weighted by Gasteiger charge is 2.16. The Morgan fingerprint density at radius 3 is 2.47 bits per heavy atom. The van der Waals surface area contributed by atoms with Gasteiger partial charge in [0.15, 0.2) is 5.82 Å². The van der Waals surface area contributed by atoms with Gasteiger partial charge in [-0.2, -0.15) is 10.1 Å². The van der Waals surface area contributed by atoms with Gasteiger partial charge in [-0.1, -0.05) is 67.5 Å². The van der Waals surface area contributed by atoms with Gasteiger partial charge in [-0.05, 0) is 17.0 Å². The van der Waals surface area contributed by atoms with Crippen LogP contribution in [0.25, 0.3) is 33.8 Å². The summed E-state index contributed by atoms with van der Waals surface area (Å²) in [7, 11) is 1.93. The minimum atomic E-state index is 0.389. The molecular formula is C25H24N6O. The predicted octanol–water partition coefficient (Wildman–Crippen LogP) is 5.10. The molecule has 5 aromatic rings. The van der Waals surface area contributed by atoms with Crippen LogP contribution in [0.3, 0.4) is 0 Å². The van der Waals surface area contributed by atoms with Crippen LogP contribution in [0.1, 0.15) is 42.5 Å². The molecule has 0 saturated heterocycles. The lowest BCUT2D eigenvalue weighted by Gasteiger charge is -2.11. The van der Waals surface area contributed by atoms with Gasteiger partial charge in [-0.15, -0.1) is 0 Å². The zero-order chi connectivity index (χ0) is 22.2. The van der Waals surface area contributed by atoms with E-state index in [1.165, 1.54) is 5.56 Å². The van der Waals surface area contributed by atoms with E-state index in [9.17, 15) is 0 Å². The fourth-order valence-corrected chi connectivity index (χ4v) is 3.94. The molecule has 3 heterocycles. The topological polar surface area (TPSA) is 82.5 Å². The first kappa shape index (κ1) is 20.1. The average Bonchev–Trinajstić information content (AvgIpc) is 3.37. The highest BCUT2D eigenvalue weighted by Crippen LogP contribution is 2.29. The highest BCUT2D eigenvalue weighted by molar-refractivity contribution is 5.79. The first-order chi connectivity index (χ1) is 15.5. The van der Waals surface area contributed by atoms with E-state index in [0.717, 1.165) is 39.2 Å². The van der Waals surface area contributed by atoms with Crippen LogP contribution in [0.5, 0.6) is 0 Å². The molecule has 0 unspecified atom stereocenters. The van der Waals surface area contributed by atoms with Crippen molar-refractivity contribution in [3.8, 4) is 22.8 Å². The maximum atomic E-state index is 5.08. The second-order valence-electron chi connectivity index (χ2n) is 8.25. The minimum Gasteiger partial charge on any atom is -0.339 e. The molecule has 0 atom stereocenters. The Hall–Kier alpha value is -3.87. The van der Waals surface area contributed by atoms with Crippen molar-refractivity contribution in [3.63, 3.8) is 0 Å². The van der Waals surface area contributed by atoms with E-state index in [4.69, 9.17) is 14.6 Å². The first-order valence-electron chi connectivity index (χ1n) is 10.7. The third-order valence-corrected chi connectivity index (χ3v) is 5.60. The van der Waals surface area contributed by atoms with Crippen LogP contribution in [0.15, 0.2) is 59.3 Å². The molecule has 0 aliphatic rings. The molecule has 7 heteroatoms. The maximum Gasteiger partial charge on any atom is 0.223 e. The zero-order valence-corrected chi connectivity index (χ0v) is 18.6. The van der Waals surface area contributed by atoms with Gasteiger partial charge in [0.1, 0.15) is 11.0 Å². The minimum absolute atomic E-state index is 0.389. The molecule has 5 rings (SSSR count). The van der Waals surface area contributed by atoms with E-state index < -0.39 is 0 Å². The second kappa shape index (κ2) is 8.00. The van der Waals surface area contributed by atoms with Crippen molar-refractivity contribution in [2.24, 2.45) is 7.05 Å². The fourth-order valence-electron chi connectivity index (χ4n) is 3.94. The van der Waals surface area contributed by atoms with E-state index in [0.29, 0.717) is 24.1 Å². The summed E-state index contributed by atoms with van der Waals surface area (Å²) >= 11 is 0. The van der Waals surface area contributed by atoms with E-state index in [1.54, 1.807) is 6.92 Å². The molecule has 0 aliphatic carbocycles. The number of aryl methyl sites for hydroxylation is 2. The molecule has 2 aromatic carbocycles. The molecule has 0 N–H and O–H groups in total. The molecule has 160 valence electrons. The lowest BCUT2D eigenvalue weighted by Crippen LogP contribution is -1.97. The van der Waals surface area contributed by atoms with E-state index >= 15 is 0 Å². The summed E-state index contributed by atoms with van der Waals surface area (Å²) in [4.78, 5) is 13.9. The van der Waals surface area contributed by atoms with E-state index in [2.05, 4.69) is 59.3 Å². The Morgan fingerprint density at radius 2 is 1.75 bits per heavy atom. The van der Waals surface area contributed by atoms with Crippen molar-refractivity contribution in [1.29, 1.82) is 0 Å². The summed E-state index contributed by atoms with van der Waals surface area (Å²) < 4.78 is 6.92. The van der Waals surface area contributed by atoms with Crippen LogP contribution in [-0.2, 0) is 13.5 Å². The number of aromatic nitrogens is 6. The molecule has 0 amide bonds. The quantitative estimate of drug-likeness (QED) is 0.390. The lowest BCUT2D eigenvalue weighted by molar-refractivity contribution is 0.394. The Kier molecular flexibility index (Phi) is 5.01. The third kappa shape index (κ3) is 3.66. The predicted molar refractivity (Wildman–Crippen MR) is 123 cm³/mol. The number of rotatable bonds is 5. The van der Waals surface area contributed by atoms with E-state index in [1.807, 2.05) is 36.1 Å². The number of hydrogen-bond acceptors (Lipinski definition) is 6. The molecule has 0 fully saturated rings. The first-order valence-corrected chi connectivity index (χ1v) is 10.7. The standard InChI is InChI=1S/C25H24N6O/c1-15(2)19-7-5-6-8-20(19)25-26-14-22-23(28-25)21(29-31(22)4)13-17-9-11-18(12-10-17)24-27-16(3)32-30-24/h5-12,14-15H,13H2,1-4H3. The third-order valence-electron chi connectivity index (χ3n) is 5.60. The normalized spacial score (nSPS) is 11.5. The van der Waals surface area contributed by atoms with Gasteiger partial charge >= 0.3 is 0 Å². The van der Waals surface area contributed by atoms with Gasteiger partial charge in [0.05, 0.1) is 11.9 Å². The van der Waals surface area contributed by atoms with Crippen LogP contribution in [0.2, 0.25) is 0 Å². The summed E-state index contributed by atoms with van der Waals surface area (Å²) in [5, 5.41) is 8.72. The summed E-state index contributed by atoms with van der Waals surface area (Å²) in [6, 6.07) is 16.5. The van der Waals surface area contributed by atoms with Crippen molar-refractivity contribution in [2.75, 3.05) is 0 Å². The monoisotopic (exact) mass is 424 g/mol. The molecule has 3 aromatic heterocycles. The van der Waals surface area contributed by atoms with Crippen molar-refractivity contribution in [3.05, 3.63) is 77.4 Å². The Bertz CT molecular complexity index is 1400. The molecule has 32 heavy (non-hydrogen) atoms. The van der Waals surface area contributed by atoms with Crippen molar-refractivity contribution < 1.29 is 4.52 Å². The number of nitrogens with zero attached hydrogens (tertiary/aromatic N) is 6. The van der Waals surface area contributed by atoms with Gasteiger partial charge in [-0.3, -0.25) is 4.68 Å². The lowest BCUT2D eigenvalue weighted by atomic mass is 9.97. The van der Waals surface area contributed by atoms with Gasteiger partial charge in [0.25, 0.3) is 0 Å². The van der Waals surface area contributed by atoms with Crippen LogP contribution in [0.4, 0.5) is 0 Å². The molecule has 7 nitrogen and oxygen atoms in total. The van der Waals surface area contributed by atoms with Crippen molar-refractivity contribution in [1.82, 2.24) is 29.9 Å². The highest BCUT2D eigenvalue weighted by atomic mass is 16.5. The summed E-state index contributed by atoms with van der Waals surface area (Å²) in [6.07, 6.45) is 2.54. The largest absolute Gasteiger partial charge is 0.339 e. The van der Waals surface area contributed by atoms with Gasteiger partial charge in [0.2, 0.25) is 11.7 Å². The van der Waals surface area contributed by atoms with Gasteiger partial charge < -0.3 is 4.52 Å². The SMILES string of the molecule is Cc1nc(-c2ccc(Cc3nn(C)c4cnc(-c5ccccc5C(C)C)nc34)cc2)no1. The fraction of sp³-hybridized carbons (Fsp3) is 0.240. The second-order valence-corrected chi connectivity index (χ2v) is 8.25. The molecule has 0 bridgehead atoms. The molecule has 0 spiro atoms. The van der Waals surface area contributed by atoms with Crippen LogP contribution in [-0.4, -0.2) is 29.9 Å². The summed E-state index contributed by atoms with van der Waals surface area (Å²) in [6.45, 7) is 6.16. The van der Waals surface area contributed by atoms with Crippen LogP contribution >= 0.6 is 0 Å². The van der Waals surface area contributed by atoms with Crippen molar-refractivity contribution in [2.45, 2.75) is 33.1 Å². The average molecular weight is 425 g/mol. The van der Waals surface area contributed by atoms with Gasteiger partial charge in [-0.25, -0.2) is 9.97 Å².